The van der Waals surface area contributed by atoms with Gasteiger partial charge in [-0.3, -0.25) is 4.79 Å². The summed E-state index contributed by atoms with van der Waals surface area (Å²) in [7, 11) is 1.80. The van der Waals surface area contributed by atoms with E-state index >= 15 is 0 Å². The molecule has 10 heteroatoms. The highest BCUT2D eigenvalue weighted by Gasteiger charge is 2.45. The number of hydrogen-bond acceptors (Lipinski definition) is 5. The zero-order valence-electron chi connectivity index (χ0n) is 17.7. The Balaban J connectivity index is 1.48. The number of fused-ring (bicyclic) bond motifs is 2. The van der Waals surface area contributed by atoms with Gasteiger partial charge in [0, 0.05) is 19.5 Å². The van der Waals surface area contributed by atoms with Crippen molar-refractivity contribution in [1.82, 2.24) is 29.7 Å². The lowest BCUT2D eigenvalue weighted by Crippen LogP contribution is -2.53. The lowest BCUT2D eigenvalue weighted by Gasteiger charge is -2.37. The number of imidazole rings is 1. The first-order valence-corrected chi connectivity index (χ1v) is 10.6. The minimum absolute atomic E-state index is 0.0596. The summed E-state index contributed by atoms with van der Waals surface area (Å²) < 4.78 is 40.5. The van der Waals surface area contributed by atoms with Crippen molar-refractivity contribution in [2.45, 2.75) is 38.0 Å². The summed E-state index contributed by atoms with van der Waals surface area (Å²) >= 11 is 0. The Bertz CT molecular complexity index is 1170. The van der Waals surface area contributed by atoms with Gasteiger partial charge in [-0.2, -0.15) is 13.2 Å². The molecule has 1 aromatic carbocycles. The Morgan fingerprint density at radius 3 is 2.66 bits per heavy atom. The van der Waals surface area contributed by atoms with Crippen LogP contribution in [0.5, 0.6) is 0 Å². The molecule has 5 rings (SSSR count). The highest BCUT2D eigenvalue weighted by Crippen LogP contribution is 2.37. The van der Waals surface area contributed by atoms with Crippen LogP contribution in [-0.2, 0) is 17.5 Å². The molecule has 0 aliphatic carbocycles. The van der Waals surface area contributed by atoms with E-state index in [-0.39, 0.29) is 23.8 Å². The van der Waals surface area contributed by atoms with Crippen LogP contribution in [0.25, 0.3) is 11.3 Å². The lowest BCUT2D eigenvalue weighted by atomic mass is 9.80. The number of piperidine rings is 1. The molecule has 0 saturated carbocycles. The van der Waals surface area contributed by atoms with Crippen LogP contribution in [0, 0.1) is 12.8 Å². The number of likely N-dealkylation sites (N-methyl/N-ethyl adjacent to an activating group) is 1. The molecular formula is C22H23F3N6O. The van der Waals surface area contributed by atoms with E-state index in [1.807, 2.05) is 11.5 Å². The number of carbonyl (C=O) groups is 1. The Kier molecular flexibility index (Phi) is 4.92. The van der Waals surface area contributed by atoms with Gasteiger partial charge in [0.25, 0.3) is 0 Å². The Morgan fingerprint density at radius 2 is 1.94 bits per heavy atom. The Morgan fingerprint density at radius 1 is 1.19 bits per heavy atom. The van der Waals surface area contributed by atoms with Gasteiger partial charge in [-0.15, -0.1) is 0 Å². The van der Waals surface area contributed by atoms with Gasteiger partial charge >= 0.3 is 6.18 Å². The van der Waals surface area contributed by atoms with Crippen LogP contribution in [0.4, 0.5) is 13.2 Å². The van der Waals surface area contributed by atoms with Crippen molar-refractivity contribution in [2.75, 3.05) is 20.1 Å². The van der Waals surface area contributed by atoms with Gasteiger partial charge in [0.15, 0.2) is 11.3 Å². The molecule has 3 unspecified atom stereocenters. The topological polar surface area (TPSA) is 75.9 Å². The molecule has 2 saturated heterocycles. The van der Waals surface area contributed by atoms with Crippen molar-refractivity contribution in [3.05, 3.63) is 53.1 Å². The van der Waals surface area contributed by atoms with Crippen molar-refractivity contribution in [1.29, 1.82) is 0 Å². The fourth-order valence-corrected chi connectivity index (χ4v) is 4.86. The second-order valence-electron chi connectivity index (χ2n) is 8.59. The minimum atomic E-state index is -4.36. The normalized spacial score (nSPS) is 23.7. The maximum Gasteiger partial charge on any atom is 0.416 e. The summed E-state index contributed by atoms with van der Waals surface area (Å²) in [6, 6.07) is 4.92. The predicted molar refractivity (Wildman–Crippen MR) is 111 cm³/mol. The third kappa shape index (κ3) is 3.52. The van der Waals surface area contributed by atoms with E-state index < -0.39 is 11.7 Å². The number of halogens is 3. The van der Waals surface area contributed by atoms with E-state index in [9.17, 15) is 18.0 Å². The second kappa shape index (κ2) is 7.54. The number of nitrogens with one attached hydrogen (secondary N) is 1. The summed E-state index contributed by atoms with van der Waals surface area (Å²) in [5.41, 5.74) is 1.95. The van der Waals surface area contributed by atoms with Crippen LogP contribution in [0.2, 0.25) is 0 Å². The van der Waals surface area contributed by atoms with Crippen molar-refractivity contribution in [3.8, 4) is 0 Å². The molecule has 4 heterocycles. The Hall–Kier alpha value is -3.01. The Labute approximate surface area is 182 Å². The van der Waals surface area contributed by atoms with Crippen LogP contribution in [0.15, 0.2) is 30.5 Å². The van der Waals surface area contributed by atoms with Crippen LogP contribution in [0.1, 0.15) is 35.0 Å². The first-order chi connectivity index (χ1) is 15.2. The predicted octanol–water partition coefficient (Wildman–Crippen LogP) is 2.74. The minimum Gasteiger partial charge on any atom is -0.344 e. The van der Waals surface area contributed by atoms with Crippen LogP contribution in [-0.4, -0.2) is 56.5 Å². The van der Waals surface area contributed by atoms with E-state index in [1.54, 1.807) is 18.1 Å². The maximum absolute atomic E-state index is 12.9. The van der Waals surface area contributed by atoms with Crippen LogP contribution in [0.3, 0.4) is 0 Å². The summed E-state index contributed by atoms with van der Waals surface area (Å²) in [4.78, 5) is 28.1. The molecule has 3 aromatic rings. The van der Waals surface area contributed by atoms with Gasteiger partial charge < -0.3 is 14.8 Å². The van der Waals surface area contributed by atoms with Crippen molar-refractivity contribution < 1.29 is 18.0 Å². The SMILES string of the molecule is Cc1nc2ncc(C3CN(C)C(=O)C4NCCC43)nc2n1Cc1ccc(C(F)(F)F)cc1. The molecule has 7 nitrogen and oxygen atoms in total. The summed E-state index contributed by atoms with van der Waals surface area (Å²) in [5, 5.41) is 3.30. The van der Waals surface area contributed by atoms with E-state index in [0.29, 0.717) is 30.2 Å². The molecule has 2 aromatic heterocycles. The fourth-order valence-electron chi connectivity index (χ4n) is 4.86. The van der Waals surface area contributed by atoms with Gasteiger partial charge in [0.05, 0.1) is 30.0 Å². The maximum atomic E-state index is 12.9. The third-order valence-electron chi connectivity index (χ3n) is 6.57. The third-order valence-corrected chi connectivity index (χ3v) is 6.57. The quantitative estimate of drug-likeness (QED) is 0.673. The second-order valence-corrected chi connectivity index (χ2v) is 8.59. The van der Waals surface area contributed by atoms with E-state index in [4.69, 9.17) is 4.98 Å². The van der Waals surface area contributed by atoms with Crippen LogP contribution < -0.4 is 5.32 Å². The van der Waals surface area contributed by atoms with E-state index in [2.05, 4.69) is 15.3 Å². The summed E-state index contributed by atoms with van der Waals surface area (Å²) in [6.07, 6.45) is -1.72. The van der Waals surface area contributed by atoms with Crippen molar-refractivity contribution in [2.24, 2.45) is 5.92 Å². The fraction of sp³-hybridized carbons (Fsp3) is 0.455. The number of amides is 1. The number of aromatic nitrogens is 4. The molecule has 168 valence electrons. The smallest absolute Gasteiger partial charge is 0.344 e. The van der Waals surface area contributed by atoms with E-state index in [0.717, 1.165) is 36.4 Å². The number of alkyl halides is 3. The largest absolute Gasteiger partial charge is 0.416 e. The van der Waals surface area contributed by atoms with Gasteiger partial charge in [-0.05, 0) is 43.5 Å². The molecule has 2 fully saturated rings. The van der Waals surface area contributed by atoms with Gasteiger partial charge in [-0.1, -0.05) is 12.1 Å². The molecular weight excluding hydrogens is 421 g/mol. The summed E-state index contributed by atoms with van der Waals surface area (Å²) in [5.74, 6) is 1.02. The standard InChI is InChI=1S/C22H23F3N6O/c1-12-28-19-20(31(12)10-13-3-5-14(6-4-13)22(23,24)25)29-17(9-27-19)16-11-30(2)21(32)18-15(16)7-8-26-18/h3-6,9,15-16,18,26H,7-8,10-11H2,1-2H3. The van der Waals surface area contributed by atoms with Gasteiger partial charge in [0.2, 0.25) is 5.91 Å². The lowest BCUT2D eigenvalue weighted by molar-refractivity contribution is -0.138. The van der Waals surface area contributed by atoms with E-state index in [1.165, 1.54) is 12.1 Å². The van der Waals surface area contributed by atoms with Crippen LogP contribution >= 0.6 is 0 Å². The molecule has 2 aliphatic rings. The number of hydrogen-bond donors (Lipinski definition) is 1. The highest BCUT2D eigenvalue weighted by atomic mass is 19.4. The molecule has 0 bridgehead atoms. The molecule has 2 aliphatic heterocycles. The molecule has 0 radical (unpaired) electrons. The number of rotatable bonds is 3. The summed E-state index contributed by atoms with van der Waals surface area (Å²) in [6.45, 7) is 3.55. The molecule has 3 atom stereocenters. The zero-order chi connectivity index (χ0) is 22.6. The first-order valence-electron chi connectivity index (χ1n) is 10.6. The van der Waals surface area contributed by atoms with Gasteiger partial charge in [-0.25, -0.2) is 15.0 Å². The average Bonchev–Trinajstić information content (AvgIpc) is 3.36. The number of nitrogens with zero attached hydrogens (tertiary/aromatic N) is 5. The number of carbonyl (C=O) groups excluding carboxylic acids is 1. The monoisotopic (exact) mass is 444 g/mol. The number of aryl methyl sites for hydroxylation is 1. The molecule has 0 spiro atoms. The number of benzene rings is 1. The van der Waals surface area contributed by atoms with Crippen molar-refractivity contribution >= 4 is 17.2 Å². The van der Waals surface area contributed by atoms with Gasteiger partial charge in [0.1, 0.15) is 5.82 Å². The molecule has 32 heavy (non-hydrogen) atoms. The zero-order valence-corrected chi connectivity index (χ0v) is 17.7. The first kappa shape index (κ1) is 20.9. The molecule has 1 amide bonds. The average molecular weight is 444 g/mol. The van der Waals surface area contributed by atoms with Crippen molar-refractivity contribution in [3.63, 3.8) is 0 Å². The molecule has 1 N–H and O–H groups in total. The highest BCUT2D eigenvalue weighted by molar-refractivity contribution is 5.83. The number of likely N-dealkylation sites (tertiary alicyclic amines) is 1.